The SMILES string of the molecule is CCC1C2=CC=NC2=CN1c1c2c(cc3c(=O)cc(C)oc13)C[C@@H](OOC[C@@](O)(Cc1ccc(O)c3ccc(O)cc13)[C@@H](O)[C@H](O)[C@H](O)CO)[C@@]1(C[C@H]([C@@H]3CNC(=O)C3)CC[C@@H]1CNC1CCCCC1)O2. The number of hydrogen-bond acceptors (Lipinski definition) is 16. The third-order valence-electron chi connectivity index (χ3n) is 16.4. The Morgan fingerprint density at radius 3 is 2.56 bits per heavy atom. The van der Waals surface area contributed by atoms with Gasteiger partial charge in [-0.3, -0.25) is 14.6 Å². The van der Waals surface area contributed by atoms with Crippen LogP contribution in [0, 0.1) is 24.7 Å². The quantitative estimate of drug-likeness (QED) is 0.0548. The number of ether oxygens (including phenoxy) is 1. The summed E-state index contributed by atoms with van der Waals surface area (Å²) in [7, 11) is 0. The molecule has 6 aliphatic rings. The number of phenols is 2. The van der Waals surface area contributed by atoms with E-state index in [4.69, 9.17) is 18.9 Å². The average Bonchev–Trinajstić information content (AvgIpc) is 4.10. The molecule has 0 radical (unpaired) electrons. The van der Waals surface area contributed by atoms with E-state index in [1.807, 2.05) is 12.3 Å². The van der Waals surface area contributed by atoms with E-state index in [1.165, 1.54) is 42.8 Å². The molecule has 10 atom stereocenters. The minimum Gasteiger partial charge on any atom is -0.508 e. The van der Waals surface area contributed by atoms with E-state index in [9.17, 15) is 45.3 Å². The Hall–Kier alpha value is -5.37. The molecule has 71 heavy (non-hydrogen) atoms. The van der Waals surface area contributed by atoms with Crippen LogP contribution < -0.4 is 25.7 Å². The van der Waals surface area contributed by atoms with Gasteiger partial charge in [0.25, 0.3) is 0 Å². The molecule has 1 spiro atoms. The van der Waals surface area contributed by atoms with Crippen molar-refractivity contribution in [3.8, 4) is 17.2 Å². The number of aliphatic hydroxyl groups excluding tert-OH is 4. The van der Waals surface area contributed by atoms with E-state index in [2.05, 4.69) is 27.4 Å². The number of allylic oxidation sites excluding steroid dienone is 1. The number of benzene rings is 3. The zero-order valence-electron chi connectivity index (χ0n) is 40.3. The zero-order chi connectivity index (χ0) is 49.8. The van der Waals surface area contributed by atoms with Gasteiger partial charge in [0.05, 0.1) is 23.7 Å². The van der Waals surface area contributed by atoms with Crippen molar-refractivity contribution in [2.75, 3.05) is 31.2 Å². The van der Waals surface area contributed by atoms with Crippen LogP contribution in [0.1, 0.15) is 88.0 Å². The summed E-state index contributed by atoms with van der Waals surface area (Å²) < 4.78 is 14.3. The third-order valence-corrected chi connectivity index (χ3v) is 16.4. The number of fused-ring (bicyclic) bond motifs is 4. The molecule has 2 aliphatic carbocycles. The molecule has 2 saturated carbocycles. The monoisotopic (exact) mass is 978 g/mol. The molecule has 1 amide bonds. The van der Waals surface area contributed by atoms with Gasteiger partial charge in [-0.05, 0) is 105 Å². The van der Waals surface area contributed by atoms with Crippen molar-refractivity contribution in [2.24, 2.45) is 22.7 Å². The second-order valence-corrected chi connectivity index (χ2v) is 20.9. The van der Waals surface area contributed by atoms with E-state index in [1.54, 1.807) is 19.2 Å². The number of aryl methyl sites for hydroxylation is 1. The maximum atomic E-state index is 14.0. The standard InChI is InChI=1S/C54H66N4O13/c1-3-42-38-15-16-55-41(38)26-58(42)48-50-32(18-40-44(62)17-29(2)69-51(40)48)19-46(54(70-50)23-30(33-20-47(64)57-24-33)9-11-34(54)25-56-35-7-5-4-6-8-35)71-68-28-53(67,52(66)49(65)45(63)27-59)22-31-10-14-43(61)37-13-12-36(60)21-39(31)37/h10,12-18,21,26,30,33-35,42,45-46,49,52,56,59-61,63,65-67H,3-9,11,19-20,22-25,27-28H2,1-2H3,(H,57,64)/t30-,33+,34-,42?,45-,46-,49-,52+,53+,54+/m1/s1. The molecule has 1 aromatic heterocycles. The van der Waals surface area contributed by atoms with E-state index in [0.717, 1.165) is 43.4 Å². The lowest BCUT2D eigenvalue weighted by atomic mass is 9.63. The van der Waals surface area contributed by atoms with Gasteiger partial charge in [0.1, 0.15) is 65.2 Å². The molecular weight excluding hydrogens is 913 g/mol. The Labute approximate surface area is 411 Å². The number of nitrogens with zero attached hydrogens (tertiary/aromatic N) is 2. The molecule has 3 fully saturated rings. The predicted molar refractivity (Wildman–Crippen MR) is 264 cm³/mol. The molecule has 1 saturated heterocycles. The number of aliphatic hydroxyl groups is 5. The lowest BCUT2D eigenvalue weighted by Gasteiger charge is -2.54. The van der Waals surface area contributed by atoms with Gasteiger partial charge in [0, 0.05) is 79.3 Å². The summed E-state index contributed by atoms with van der Waals surface area (Å²) in [6, 6.07) is 10.6. The highest BCUT2D eigenvalue weighted by Gasteiger charge is 2.58. The van der Waals surface area contributed by atoms with Crippen molar-refractivity contribution in [3.05, 3.63) is 93.1 Å². The first-order valence-electron chi connectivity index (χ1n) is 25.3. The van der Waals surface area contributed by atoms with Crippen LogP contribution in [0.5, 0.6) is 17.2 Å². The minimum atomic E-state index is -2.42. The topological polar surface area (TPSA) is 256 Å². The maximum absolute atomic E-state index is 14.0. The highest BCUT2D eigenvalue weighted by Crippen LogP contribution is 2.55. The molecule has 17 heteroatoms. The van der Waals surface area contributed by atoms with Crippen LogP contribution in [-0.4, -0.2) is 122 Å². The smallest absolute Gasteiger partial charge is 0.220 e. The Morgan fingerprint density at radius 2 is 1.80 bits per heavy atom. The van der Waals surface area contributed by atoms with Gasteiger partial charge >= 0.3 is 0 Å². The van der Waals surface area contributed by atoms with Gasteiger partial charge in [-0.1, -0.05) is 32.3 Å². The molecule has 10 rings (SSSR count). The predicted octanol–water partition coefficient (Wildman–Crippen LogP) is 4.63. The molecule has 5 heterocycles. The third kappa shape index (κ3) is 9.24. The van der Waals surface area contributed by atoms with Crippen molar-refractivity contribution in [1.29, 1.82) is 0 Å². The first kappa shape index (κ1) is 49.2. The van der Waals surface area contributed by atoms with Crippen LogP contribution in [0.2, 0.25) is 0 Å². The molecule has 1 unspecified atom stereocenters. The van der Waals surface area contributed by atoms with Crippen molar-refractivity contribution in [1.82, 2.24) is 10.6 Å². The van der Waals surface area contributed by atoms with Gasteiger partial charge in [-0.2, -0.15) is 0 Å². The summed E-state index contributed by atoms with van der Waals surface area (Å²) in [4.78, 5) is 46.5. The van der Waals surface area contributed by atoms with Crippen LogP contribution in [-0.2, 0) is 27.4 Å². The first-order chi connectivity index (χ1) is 34.2. The number of carbonyl (C=O) groups is 1. The minimum absolute atomic E-state index is 0.00603. The van der Waals surface area contributed by atoms with Crippen molar-refractivity contribution in [2.45, 2.75) is 139 Å². The first-order valence-corrected chi connectivity index (χ1v) is 25.3. The summed E-state index contributed by atoms with van der Waals surface area (Å²) >= 11 is 0. The van der Waals surface area contributed by atoms with Gasteiger partial charge < -0.3 is 60.4 Å². The van der Waals surface area contributed by atoms with E-state index in [-0.39, 0.29) is 53.1 Å². The molecule has 380 valence electrons. The number of aliphatic imine (C=N–C) groups is 1. The molecular formula is C54H66N4O13. The molecule has 4 aromatic rings. The number of hydrogen-bond donors (Lipinski definition) is 9. The van der Waals surface area contributed by atoms with E-state index >= 15 is 0 Å². The second-order valence-electron chi connectivity index (χ2n) is 20.9. The summed E-state index contributed by atoms with van der Waals surface area (Å²) in [5, 5.41) is 85.0. The van der Waals surface area contributed by atoms with Crippen LogP contribution in [0.4, 0.5) is 5.69 Å². The normalized spacial score (nSPS) is 27.5. The largest absolute Gasteiger partial charge is 0.508 e. The van der Waals surface area contributed by atoms with E-state index < -0.39 is 55.3 Å². The molecule has 9 N–H and O–H groups in total. The number of amides is 1. The van der Waals surface area contributed by atoms with Crippen molar-refractivity contribution in [3.63, 3.8) is 0 Å². The molecule has 17 nitrogen and oxygen atoms in total. The fourth-order valence-corrected chi connectivity index (χ4v) is 12.5. The van der Waals surface area contributed by atoms with Crippen LogP contribution in [0.3, 0.4) is 0 Å². The number of carbonyl (C=O) groups excluding carboxylic acids is 1. The molecule has 3 aromatic carbocycles. The highest BCUT2D eigenvalue weighted by molar-refractivity contribution is 5.97. The lowest BCUT2D eigenvalue weighted by Crippen LogP contribution is -2.63. The fourth-order valence-electron chi connectivity index (χ4n) is 12.5. The fraction of sp³-hybridized carbons (Fsp3) is 0.537. The van der Waals surface area contributed by atoms with Crippen LogP contribution >= 0.6 is 0 Å². The van der Waals surface area contributed by atoms with Gasteiger partial charge in [-0.25, -0.2) is 9.78 Å². The van der Waals surface area contributed by atoms with Crippen molar-refractivity contribution < 1.29 is 59.5 Å². The second kappa shape index (κ2) is 19.9. The summed E-state index contributed by atoms with van der Waals surface area (Å²) in [5.41, 5.74) is 0.0149. The van der Waals surface area contributed by atoms with Crippen LogP contribution in [0.15, 0.2) is 80.2 Å². The summed E-state index contributed by atoms with van der Waals surface area (Å²) in [5.74, 6) is 0.604. The Balaban J connectivity index is 1.09. The van der Waals surface area contributed by atoms with Crippen LogP contribution in [0.25, 0.3) is 21.7 Å². The van der Waals surface area contributed by atoms with Gasteiger partial charge in [0.2, 0.25) is 5.91 Å². The Morgan fingerprint density at radius 1 is 0.986 bits per heavy atom. The Bertz CT molecular complexity index is 2820. The molecule has 4 aliphatic heterocycles. The maximum Gasteiger partial charge on any atom is 0.220 e. The van der Waals surface area contributed by atoms with E-state index in [0.29, 0.717) is 94.9 Å². The Kier molecular flexibility index (Phi) is 13.8. The summed E-state index contributed by atoms with van der Waals surface area (Å²) in [6.07, 6.45) is 7.21. The summed E-state index contributed by atoms with van der Waals surface area (Å²) in [6.45, 7) is 3.25. The highest BCUT2D eigenvalue weighted by atomic mass is 17.2. The average molecular weight is 979 g/mol. The number of phenolic OH excluding ortho intramolecular Hbond substituents is 2. The zero-order valence-corrected chi connectivity index (χ0v) is 40.3. The van der Waals surface area contributed by atoms with Gasteiger partial charge in [-0.15, -0.1) is 0 Å². The number of aromatic hydroxyl groups is 2. The molecule has 0 bridgehead atoms. The van der Waals surface area contributed by atoms with Crippen molar-refractivity contribution >= 4 is 39.6 Å². The number of rotatable bonds is 16. The van der Waals surface area contributed by atoms with Gasteiger partial charge in [0.15, 0.2) is 16.8 Å². The number of anilines is 1. The lowest BCUT2D eigenvalue weighted by molar-refractivity contribution is -0.378. The number of nitrogens with one attached hydrogen (secondary N) is 2.